The molecule has 1 heterocycles. The molecule has 290 valence electrons. The van der Waals surface area contributed by atoms with Crippen LogP contribution in [0.3, 0.4) is 0 Å². The van der Waals surface area contributed by atoms with Gasteiger partial charge in [0.25, 0.3) is 0 Å². The van der Waals surface area contributed by atoms with Crippen molar-refractivity contribution in [3.63, 3.8) is 0 Å². The van der Waals surface area contributed by atoms with Crippen LogP contribution in [0.4, 0.5) is 31.1 Å². The molecule has 0 aliphatic carbocycles. The normalized spacial score (nSPS) is 12.5. The number of benzene rings is 1. The molecule has 1 amide bonds. The molecule has 17 heteroatoms. The number of allylic oxidation sites excluding steroid dienone is 1. The molecule has 0 aliphatic heterocycles. The van der Waals surface area contributed by atoms with Gasteiger partial charge in [-0.2, -0.15) is 26.3 Å². The molecule has 0 saturated heterocycles. The maximum atomic E-state index is 12.3. The predicted octanol–water partition coefficient (Wildman–Crippen LogP) is 9.19. The van der Waals surface area contributed by atoms with Gasteiger partial charge in [-0.3, -0.25) is 0 Å². The summed E-state index contributed by atoms with van der Waals surface area (Å²) in [4.78, 5) is 12.3. The number of ether oxygens (including phenoxy) is 1. The van der Waals surface area contributed by atoms with Gasteiger partial charge < -0.3 is 14.2 Å². The number of alkyl carbamates (subject to hydrolysis) is 1. The zero-order valence-electron chi connectivity index (χ0n) is 29.4. The van der Waals surface area contributed by atoms with Crippen LogP contribution >= 0.6 is 0 Å². The van der Waals surface area contributed by atoms with Crippen LogP contribution in [0.15, 0.2) is 55.4 Å². The number of nitrogens with one attached hydrogen (secondary N) is 1. The van der Waals surface area contributed by atoms with E-state index >= 15 is 0 Å². The van der Waals surface area contributed by atoms with Crippen LogP contribution in [0, 0.1) is 0 Å². The highest BCUT2D eigenvalue weighted by Crippen LogP contribution is 2.36. The second-order valence-corrected chi connectivity index (χ2v) is 16.0. The molecule has 2 aromatic rings. The lowest BCUT2D eigenvalue weighted by molar-refractivity contribution is -0.697. The van der Waals surface area contributed by atoms with Gasteiger partial charge in [0.1, 0.15) is 6.54 Å². The van der Waals surface area contributed by atoms with Crippen LogP contribution < -0.4 is 9.88 Å². The summed E-state index contributed by atoms with van der Waals surface area (Å²) < 4.78 is 117. The molecule has 1 aromatic heterocycles. The number of aromatic nitrogens is 1. The summed E-state index contributed by atoms with van der Waals surface area (Å²) in [7, 11) is -13.4. The second-order valence-electron chi connectivity index (χ2n) is 12.5. The average Bonchev–Trinajstić information content (AvgIpc) is 3.01. The number of hydrogen-bond acceptors (Lipinski definition) is 6. The smallest absolute Gasteiger partial charge is 0.450 e. The third-order valence-electron chi connectivity index (χ3n) is 7.60. The number of carbonyl (C=O) groups excluding carboxylic acids is 1. The Morgan fingerprint density at radius 1 is 0.824 bits per heavy atom. The van der Waals surface area contributed by atoms with E-state index in [0.29, 0.717) is 6.61 Å². The number of aryl methyl sites for hydroxylation is 2. The summed E-state index contributed by atoms with van der Waals surface area (Å²) in [6.45, 7) is 13.8. The Morgan fingerprint density at radius 3 is 1.82 bits per heavy atom. The molecule has 0 aliphatic rings. The second kappa shape index (κ2) is 20.8. The van der Waals surface area contributed by atoms with Crippen molar-refractivity contribution in [2.24, 2.45) is 0 Å². The van der Waals surface area contributed by atoms with Crippen molar-refractivity contribution in [1.82, 2.24) is 5.32 Å². The lowest BCUT2D eigenvalue weighted by Gasteiger charge is -2.27. The number of nitrogens with zero attached hydrogens (tertiary/aromatic N) is 2. The molecule has 0 bridgehead atoms. The molecular formula is C34H49F6N3O6S2. The van der Waals surface area contributed by atoms with Crippen LogP contribution in [0.5, 0.6) is 0 Å². The van der Waals surface area contributed by atoms with E-state index in [-0.39, 0.29) is 6.09 Å². The van der Waals surface area contributed by atoms with Gasteiger partial charge >= 0.3 is 17.1 Å². The maximum Gasteiger partial charge on any atom is 0.480 e. The van der Waals surface area contributed by atoms with E-state index in [1.807, 2.05) is 39.0 Å². The van der Waals surface area contributed by atoms with E-state index in [4.69, 9.17) is 4.74 Å². The van der Waals surface area contributed by atoms with Crippen LogP contribution in [0.2, 0.25) is 0 Å². The number of rotatable bonds is 19. The van der Waals surface area contributed by atoms with E-state index in [1.54, 1.807) is 0 Å². The molecule has 51 heavy (non-hydrogen) atoms. The Morgan fingerprint density at radius 2 is 1.33 bits per heavy atom. The summed E-state index contributed by atoms with van der Waals surface area (Å²) in [5.41, 5.74) is -8.32. The molecule has 1 N–H and O–H groups in total. The van der Waals surface area contributed by atoms with Crippen molar-refractivity contribution in [3.8, 4) is 0 Å². The molecule has 2 rings (SSSR count). The molecule has 0 radical (unpaired) electrons. The molecule has 0 atom stereocenters. The van der Waals surface area contributed by atoms with Crippen molar-refractivity contribution in [2.45, 2.75) is 121 Å². The fourth-order valence-corrected chi connectivity index (χ4v) is 6.27. The van der Waals surface area contributed by atoms with Crippen molar-refractivity contribution in [2.75, 3.05) is 6.61 Å². The number of alkyl halides is 6. The standard InChI is InChI=1S/C32H48N2O2.C2F6NO4S2/c1-6-7-17-28-20-23-34(24-21-28)22-14-12-10-8-9-11-13-15-25-36-31(35)33-32(4,5)30-19-16-18-29(26-30)27(2)3;3-1(4,5)14(10,11)9-15(12,13)2(6,7)8/h16,18-21,23-24,26H,2,6-15,17,22,25H2,1,3-5H3;/q;-1/p+1. The Bertz CT molecular complexity index is 1550. The van der Waals surface area contributed by atoms with Crippen molar-refractivity contribution >= 4 is 31.7 Å². The fourth-order valence-electron chi connectivity index (χ4n) is 4.56. The van der Waals surface area contributed by atoms with Gasteiger partial charge in [0.2, 0.25) is 0 Å². The van der Waals surface area contributed by atoms with Gasteiger partial charge in [-0.25, -0.2) is 26.2 Å². The number of unbranched alkanes of at least 4 members (excludes halogenated alkanes) is 8. The van der Waals surface area contributed by atoms with E-state index in [2.05, 4.69) is 54.0 Å². The molecule has 0 unspecified atom stereocenters. The number of carbonyl (C=O) groups is 1. The monoisotopic (exact) mass is 773 g/mol. The van der Waals surface area contributed by atoms with Gasteiger partial charge in [-0.15, -0.1) is 0 Å². The predicted molar refractivity (Wildman–Crippen MR) is 184 cm³/mol. The van der Waals surface area contributed by atoms with Crippen molar-refractivity contribution in [1.29, 1.82) is 0 Å². The largest absolute Gasteiger partial charge is 0.480 e. The minimum atomic E-state index is -6.72. The number of sulfonamides is 2. The number of hydrogen-bond donors (Lipinski definition) is 1. The van der Waals surface area contributed by atoms with Crippen molar-refractivity contribution in [3.05, 3.63) is 76.2 Å². The van der Waals surface area contributed by atoms with E-state index in [1.165, 1.54) is 63.4 Å². The number of halogens is 6. The minimum absolute atomic E-state index is 0.353. The summed E-state index contributed by atoms with van der Waals surface area (Å²) in [6.07, 6.45) is 17.5. The van der Waals surface area contributed by atoms with Crippen LogP contribution in [-0.2, 0) is 43.3 Å². The molecular weight excluding hydrogens is 725 g/mol. The first-order chi connectivity index (χ1) is 23.5. The highest BCUT2D eigenvalue weighted by molar-refractivity contribution is 8.13. The minimum Gasteiger partial charge on any atom is -0.450 e. The topological polar surface area (TPSA) is 125 Å². The lowest BCUT2D eigenvalue weighted by atomic mass is 9.92. The summed E-state index contributed by atoms with van der Waals surface area (Å²) in [5.74, 6) is 0. The van der Waals surface area contributed by atoms with Crippen LogP contribution in [0.25, 0.3) is 9.70 Å². The highest BCUT2D eigenvalue weighted by atomic mass is 32.3. The Kier molecular flexibility index (Phi) is 18.7. The third kappa shape index (κ3) is 17.3. The number of amides is 1. The summed E-state index contributed by atoms with van der Waals surface area (Å²) in [5, 5.41) is 3.00. The Hall–Kier alpha value is -3.18. The molecule has 1 aromatic carbocycles. The summed E-state index contributed by atoms with van der Waals surface area (Å²) in [6, 6.07) is 12.7. The molecule has 9 nitrogen and oxygen atoms in total. The van der Waals surface area contributed by atoms with Gasteiger partial charge in [0.15, 0.2) is 32.4 Å². The van der Waals surface area contributed by atoms with E-state index in [0.717, 1.165) is 40.2 Å². The average molecular weight is 774 g/mol. The van der Waals surface area contributed by atoms with E-state index in [9.17, 15) is 48.0 Å². The van der Waals surface area contributed by atoms with Gasteiger partial charge in [-0.05, 0) is 69.2 Å². The highest BCUT2D eigenvalue weighted by Gasteiger charge is 2.47. The third-order valence-corrected chi connectivity index (χ3v) is 10.3. The van der Waals surface area contributed by atoms with E-state index < -0.39 is 36.6 Å². The molecule has 0 spiro atoms. The Balaban J connectivity index is 0.000000728. The first kappa shape index (κ1) is 45.8. The SMILES string of the molecule is C=C(C)c1cccc(C(C)(C)NC(=O)OCCCCCCCCCC[n+]2ccc(CCCC)cc2)c1.O=S(=O)([N-]S(=O)(=O)C(F)(F)F)C(F)(F)F. The van der Waals surface area contributed by atoms with Crippen LogP contribution in [0.1, 0.15) is 109 Å². The first-order valence-electron chi connectivity index (χ1n) is 16.6. The lowest BCUT2D eigenvalue weighted by Crippen LogP contribution is -2.41. The first-order valence-corrected chi connectivity index (χ1v) is 19.5. The Labute approximate surface area is 298 Å². The van der Waals surface area contributed by atoms with Crippen molar-refractivity contribution < 1.29 is 57.3 Å². The van der Waals surface area contributed by atoms with Gasteiger partial charge in [0, 0.05) is 18.6 Å². The van der Waals surface area contributed by atoms with Gasteiger partial charge in [-0.1, -0.05) is 75.8 Å². The quantitative estimate of drug-likeness (QED) is 0.0863. The molecule has 0 fully saturated rings. The van der Waals surface area contributed by atoms with Crippen LogP contribution in [-0.4, -0.2) is 40.6 Å². The zero-order chi connectivity index (χ0) is 38.9. The molecule has 0 saturated carbocycles. The zero-order valence-corrected chi connectivity index (χ0v) is 31.1. The number of pyridine rings is 1. The maximum absolute atomic E-state index is 12.3. The fraction of sp³-hybridized carbons (Fsp3) is 0.588. The summed E-state index contributed by atoms with van der Waals surface area (Å²) >= 11 is 0. The van der Waals surface area contributed by atoms with Gasteiger partial charge in [0.05, 0.1) is 12.1 Å².